The first kappa shape index (κ1) is 9.06. The summed E-state index contributed by atoms with van der Waals surface area (Å²) >= 11 is 0. The highest BCUT2D eigenvalue weighted by atomic mass is 32.2. The molecule has 0 aliphatic heterocycles. The molecule has 1 rings (SSSR count). The third kappa shape index (κ3) is 1.98. The molecule has 66 valence electrons. The lowest BCUT2D eigenvalue weighted by Gasteiger charge is -2.06. The van der Waals surface area contributed by atoms with Gasteiger partial charge in [-0.15, -0.1) is 0 Å². The van der Waals surface area contributed by atoms with E-state index in [2.05, 4.69) is 4.72 Å². The first-order valence-electron chi connectivity index (χ1n) is 3.58. The molecule has 0 aliphatic rings. The van der Waals surface area contributed by atoms with Gasteiger partial charge in [-0.1, -0.05) is 18.2 Å². The Labute approximate surface area is 73.5 Å². The molecule has 0 fully saturated rings. The normalized spacial score (nSPS) is 10.2. The minimum Gasteiger partial charge on any atom is -0.285 e. The van der Waals surface area contributed by atoms with Gasteiger partial charge < -0.3 is 0 Å². The molecule has 0 atom stereocenters. The molecule has 1 N–H and O–H groups in total. The number of hydrogen-bond donors (Lipinski definition) is 2. The topological polar surface area (TPSA) is 46.2 Å². The fraction of sp³-hybridized carbons (Fsp3) is 0.250. The molecular weight excluding hydrogens is 174 g/mol. The summed E-state index contributed by atoms with van der Waals surface area (Å²) in [5.41, 5.74) is 2.57. The molecule has 0 unspecified atom stereocenters. The average molecular weight is 185 g/mol. The summed E-state index contributed by atoms with van der Waals surface area (Å²) in [4.78, 5) is 0. The highest BCUT2D eigenvalue weighted by Gasteiger charge is 2.00. The van der Waals surface area contributed by atoms with E-state index in [1.807, 2.05) is 32.0 Å². The fourth-order valence-electron chi connectivity index (χ4n) is 1.08. The molecule has 0 saturated heterocycles. The molecule has 0 spiro atoms. The minimum atomic E-state index is -2.56. The SMILES string of the molecule is Cc1cccc(C)c1N[SH](=O)=O. The second kappa shape index (κ2) is 3.58. The molecule has 0 aromatic heterocycles. The molecule has 1 aromatic rings. The van der Waals surface area contributed by atoms with Crippen molar-refractivity contribution >= 4 is 16.6 Å². The van der Waals surface area contributed by atoms with Crippen LogP contribution < -0.4 is 4.72 Å². The van der Waals surface area contributed by atoms with Gasteiger partial charge in [0.25, 0.3) is 0 Å². The zero-order valence-corrected chi connectivity index (χ0v) is 7.89. The maximum Gasteiger partial charge on any atom is 0.222 e. The van der Waals surface area contributed by atoms with Crippen LogP contribution in [0.25, 0.3) is 0 Å². The Morgan fingerprint density at radius 2 is 1.67 bits per heavy atom. The third-order valence-corrected chi connectivity index (χ3v) is 2.09. The Balaban J connectivity index is 3.12. The van der Waals surface area contributed by atoms with Gasteiger partial charge in [-0.25, -0.2) is 8.42 Å². The van der Waals surface area contributed by atoms with Crippen molar-refractivity contribution in [2.24, 2.45) is 0 Å². The van der Waals surface area contributed by atoms with Gasteiger partial charge >= 0.3 is 0 Å². The van der Waals surface area contributed by atoms with Crippen LogP contribution in [-0.4, -0.2) is 8.42 Å². The Kier molecular flexibility index (Phi) is 2.70. The number of rotatable bonds is 2. The van der Waals surface area contributed by atoms with Gasteiger partial charge in [0, 0.05) is 0 Å². The van der Waals surface area contributed by atoms with E-state index in [9.17, 15) is 8.42 Å². The molecule has 0 radical (unpaired) electrons. The van der Waals surface area contributed by atoms with Crippen LogP contribution in [0.5, 0.6) is 0 Å². The summed E-state index contributed by atoms with van der Waals surface area (Å²) in [7, 11) is -2.56. The van der Waals surface area contributed by atoms with Gasteiger partial charge in [0.05, 0.1) is 5.69 Å². The quantitative estimate of drug-likeness (QED) is 0.681. The average Bonchev–Trinajstić information content (AvgIpc) is 1.97. The van der Waals surface area contributed by atoms with E-state index in [0.717, 1.165) is 11.1 Å². The Morgan fingerprint density at radius 1 is 1.17 bits per heavy atom. The van der Waals surface area contributed by atoms with E-state index in [0.29, 0.717) is 5.69 Å². The first-order valence-corrected chi connectivity index (χ1v) is 4.76. The number of para-hydroxylation sites is 1. The van der Waals surface area contributed by atoms with E-state index in [4.69, 9.17) is 0 Å². The van der Waals surface area contributed by atoms with E-state index in [-0.39, 0.29) is 0 Å². The number of thiol groups is 1. The van der Waals surface area contributed by atoms with Crippen molar-refractivity contribution in [1.29, 1.82) is 0 Å². The Hall–Kier alpha value is -1.03. The highest BCUT2D eigenvalue weighted by Crippen LogP contribution is 2.18. The lowest BCUT2D eigenvalue weighted by Crippen LogP contribution is -1.99. The van der Waals surface area contributed by atoms with E-state index >= 15 is 0 Å². The second-order valence-electron chi connectivity index (χ2n) is 2.64. The van der Waals surface area contributed by atoms with Crippen LogP contribution in [0.4, 0.5) is 5.69 Å². The molecule has 0 heterocycles. The van der Waals surface area contributed by atoms with Crippen LogP contribution in [-0.2, 0) is 10.9 Å². The van der Waals surface area contributed by atoms with Gasteiger partial charge in [-0.3, -0.25) is 4.72 Å². The predicted octanol–water partition coefficient (Wildman–Crippen LogP) is 1.24. The lowest BCUT2D eigenvalue weighted by atomic mass is 10.1. The molecule has 0 aliphatic carbocycles. The van der Waals surface area contributed by atoms with Crippen molar-refractivity contribution in [2.75, 3.05) is 4.72 Å². The molecule has 0 amide bonds. The molecule has 1 aromatic carbocycles. The molecule has 3 nitrogen and oxygen atoms in total. The zero-order valence-electron chi connectivity index (χ0n) is 7.00. The van der Waals surface area contributed by atoms with Gasteiger partial charge in [-0.05, 0) is 25.0 Å². The molecule has 0 saturated carbocycles. The van der Waals surface area contributed by atoms with Crippen molar-refractivity contribution in [3.8, 4) is 0 Å². The summed E-state index contributed by atoms with van der Waals surface area (Å²) in [6.07, 6.45) is 0. The van der Waals surface area contributed by atoms with Crippen LogP contribution in [0.3, 0.4) is 0 Å². The number of nitrogens with one attached hydrogen (secondary N) is 1. The number of aryl methyl sites for hydroxylation is 2. The molecular formula is C8H11NO2S. The molecule has 4 heteroatoms. The summed E-state index contributed by atoms with van der Waals surface area (Å²) in [6, 6.07) is 5.63. The van der Waals surface area contributed by atoms with Crippen LogP contribution >= 0.6 is 0 Å². The summed E-state index contributed by atoms with van der Waals surface area (Å²) in [5.74, 6) is 0. The monoisotopic (exact) mass is 185 g/mol. The van der Waals surface area contributed by atoms with Gasteiger partial charge in [0.1, 0.15) is 0 Å². The number of hydrogen-bond acceptors (Lipinski definition) is 2. The second-order valence-corrected chi connectivity index (χ2v) is 3.37. The van der Waals surface area contributed by atoms with Gasteiger partial charge in [0.2, 0.25) is 10.9 Å². The van der Waals surface area contributed by atoms with Crippen molar-refractivity contribution in [3.63, 3.8) is 0 Å². The third-order valence-electron chi connectivity index (χ3n) is 1.68. The molecule has 0 bridgehead atoms. The van der Waals surface area contributed by atoms with Gasteiger partial charge in [0.15, 0.2) is 0 Å². The highest BCUT2D eigenvalue weighted by molar-refractivity contribution is 7.73. The number of anilines is 1. The summed E-state index contributed by atoms with van der Waals surface area (Å²) < 4.78 is 23.2. The van der Waals surface area contributed by atoms with Crippen LogP contribution in [0, 0.1) is 13.8 Å². The largest absolute Gasteiger partial charge is 0.285 e. The zero-order chi connectivity index (χ0) is 9.14. The number of benzene rings is 1. The first-order chi connectivity index (χ1) is 5.61. The van der Waals surface area contributed by atoms with E-state index in [1.54, 1.807) is 0 Å². The standard InChI is InChI=1S/C8H11NO2S/c1-6-4-3-5-7(2)8(6)9-12(10)11/h3-5,12H,1-2H3,(H,9,10,11). The fourth-order valence-corrected chi connectivity index (χ4v) is 1.62. The summed E-state index contributed by atoms with van der Waals surface area (Å²) in [5, 5.41) is 0. The minimum absolute atomic E-state index is 0.689. The lowest BCUT2D eigenvalue weighted by molar-refractivity contribution is 0.619. The van der Waals surface area contributed by atoms with Crippen molar-refractivity contribution in [3.05, 3.63) is 29.3 Å². The van der Waals surface area contributed by atoms with Gasteiger partial charge in [-0.2, -0.15) is 0 Å². The Morgan fingerprint density at radius 3 is 2.08 bits per heavy atom. The van der Waals surface area contributed by atoms with Crippen LogP contribution in [0.2, 0.25) is 0 Å². The van der Waals surface area contributed by atoms with Crippen LogP contribution in [0.1, 0.15) is 11.1 Å². The maximum absolute atomic E-state index is 10.4. The van der Waals surface area contributed by atoms with Crippen molar-refractivity contribution < 1.29 is 8.42 Å². The smallest absolute Gasteiger partial charge is 0.222 e. The molecule has 12 heavy (non-hydrogen) atoms. The summed E-state index contributed by atoms with van der Waals surface area (Å²) in [6.45, 7) is 3.74. The van der Waals surface area contributed by atoms with Crippen LogP contribution in [0.15, 0.2) is 18.2 Å². The van der Waals surface area contributed by atoms with Crippen molar-refractivity contribution in [1.82, 2.24) is 0 Å². The van der Waals surface area contributed by atoms with Crippen molar-refractivity contribution in [2.45, 2.75) is 13.8 Å². The Bertz CT molecular complexity index is 330. The predicted molar refractivity (Wildman–Crippen MR) is 49.9 cm³/mol. The maximum atomic E-state index is 10.4. The van der Waals surface area contributed by atoms with E-state index < -0.39 is 10.9 Å². The van der Waals surface area contributed by atoms with E-state index in [1.165, 1.54) is 0 Å².